The highest BCUT2D eigenvalue weighted by atomic mass is 32.2. The fraction of sp³-hybridized carbons (Fsp3) is 0.727. The van der Waals surface area contributed by atoms with Gasteiger partial charge in [-0.2, -0.15) is 0 Å². The zero-order valence-electron chi connectivity index (χ0n) is 10.1. The Labute approximate surface area is 105 Å². The Morgan fingerprint density at radius 1 is 1.53 bits per heavy atom. The Morgan fingerprint density at radius 2 is 2.24 bits per heavy atom. The average molecular weight is 255 g/mol. The van der Waals surface area contributed by atoms with Crippen molar-refractivity contribution in [2.45, 2.75) is 48.9 Å². The molecule has 2 rings (SSSR count). The van der Waals surface area contributed by atoms with Crippen LogP contribution in [0.25, 0.3) is 0 Å². The van der Waals surface area contributed by atoms with Gasteiger partial charge in [0.05, 0.1) is 7.11 Å². The molecule has 0 amide bonds. The molecule has 0 saturated heterocycles. The van der Waals surface area contributed by atoms with E-state index in [-0.39, 0.29) is 11.2 Å². The van der Waals surface area contributed by atoms with Crippen LogP contribution in [-0.4, -0.2) is 33.5 Å². The highest BCUT2D eigenvalue weighted by Gasteiger charge is 2.22. The standard InChI is InChI=1S/C11H17N3O2S/c1-7(10(15)16-2)17-11-12-9(13-14-11)8-5-3-4-6-8/h7-8H,3-6H2,1-2H3,(H,12,13,14)/t7-/m1/s1. The fourth-order valence-corrected chi connectivity index (χ4v) is 2.82. The van der Waals surface area contributed by atoms with Crippen molar-refractivity contribution in [3.05, 3.63) is 5.82 Å². The van der Waals surface area contributed by atoms with E-state index in [0.717, 1.165) is 5.82 Å². The lowest BCUT2D eigenvalue weighted by molar-refractivity contribution is -0.139. The van der Waals surface area contributed by atoms with Crippen LogP contribution in [0.1, 0.15) is 44.3 Å². The van der Waals surface area contributed by atoms with Crippen molar-refractivity contribution in [1.29, 1.82) is 0 Å². The summed E-state index contributed by atoms with van der Waals surface area (Å²) in [5, 5.41) is 7.47. The molecule has 1 aromatic heterocycles. The summed E-state index contributed by atoms with van der Waals surface area (Å²) in [6.45, 7) is 1.79. The zero-order valence-corrected chi connectivity index (χ0v) is 10.9. The Morgan fingerprint density at radius 3 is 2.88 bits per heavy atom. The Kier molecular flexibility index (Phi) is 4.04. The number of nitrogens with zero attached hydrogens (tertiary/aromatic N) is 2. The molecule has 0 aliphatic heterocycles. The number of thioether (sulfide) groups is 1. The molecule has 0 bridgehead atoms. The maximum Gasteiger partial charge on any atom is 0.318 e. The van der Waals surface area contributed by atoms with E-state index in [4.69, 9.17) is 0 Å². The minimum atomic E-state index is -0.271. The number of ether oxygens (including phenoxy) is 1. The highest BCUT2D eigenvalue weighted by molar-refractivity contribution is 8.00. The molecule has 0 aromatic carbocycles. The molecule has 0 spiro atoms. The van der Waals surface area contributed by atoms with Crippen LogP contribution < -0.4 is 0 Å². The number of carbonyl (C=O) groups excluding carboxylic acids is 1. The molecule has 17 heavy (non-hydrogen) atoms. The normalized spacial score (nSPS) is 18.2. The number of hydrogen-bond acceptors (Lipinski definition) is 5. The number of aromatic amines is 1. The topological polar surface area (TPSA) is 67.9 Å². The van der Waals surface area contributed by atoms with Crippen molar-refractivity contribution in [2.75, 3.05) is 7.11 Å². The van der Waals surface area contributed by atoms with Gasteiger partial charge in [0, 0.05) is 5.92 Å². The summed E-state index contributed by atoms with van der Waals surface area (Å²) < 4.78 is 4.67. The van der Waals surface area contributed by atoms with Crippen LogP contribution >= 0.6 is 11.8 Å². The number of esters is 1. The molecule has 94 valence electrons. The number of aromatic nitrogens is 3. The maximum atomic E-state index is 11.3. The molecule has 1 heterocycles. The summed E-state index contributed by atoms with van der Waals surface area (Å²) in [7, 11) is 1.39. The maximum absolute atomic E-state index is 11.3. The van der Waals surface area contributed by atoms with Gasteiger partial charge in [-0.15, -0.1) is 5.10 Å². The minimum absolute atomic E-state index is 0.248. The summed E-state index contributed by atoms with van der Waals surface area (Å²) >= 11 is 1.33. The summed E-state index contributed by atoms with van der Waals surface area (Å²) in [6, 6.07) is 0. The first-order valence-corrected chi connectivity index (χ1v) is 6.75. The number of H-pyrrole nitrogens is 1. The second kappa shape index (κ2) is 5.53. The number of methoxy groups -OCH3 is 1. The summed E-state index contributed by atoms with van der Waals surface area (Å²) in [4.78, 5) is 15.7. The van der Waals surface area contributed by atoms with Crippen molar-refractivity contribution in [2.24, 2.45) is 0 Å². The van der Waals surface area contributed by atoms with Gasteiger partial charge in [-0.1, -0.05) is 24.6 Å². The Balaban J connectivity index is 1.96. The second-order valence-corrected chi connectivity index (χ2v) is 5.58. The molecule has 0 unspecified atom stereocenters. The summed E-state index contributed by atoms with van der Waals surface area (Å²) in [5.41, 5.74) is 0. The average Bonchev–Trinajstić information content (AvgIpc) is 2.97. The molecule has 0 radical (unpaired) electrons. The molecule has 1 aliphatic carbocycles. The van der Waals surface area contributed by atoms with E-state index in [1.165, 1.54) is 44.6 Å². The molecule has 1 atom stereocenters. The molecule has 1 saturated carbocycles. The number of hydrogen-bond donors (Lipinski definition) is 1. The lowest BCUT2D eigenvalue weighted by Gasteiger charge is -2.05. The lowest BCUT2D eigenvalue weighted by atomic mass is 10.1. The molecule has 5 nitrogen and oxygen atoms in total. The molecule has 1 aromatic rings. The second-order valence-electron chi connectivity index (χ2n) is 4.27. The van der Waals surface area contributed by atoms with Gasteiger partial charge in [0.2, 0.25) is 5.16 Å². The largest absolute Gasteiger partial charge is 0.468 e. The van der Waals surface area contributed by atoms with Crippen LogP contribution in [0.5, 0.6) is 0 Å². The molecule has 1 fully saturated rings. The third-order valence-electron chi connectivity index (χ3n) is 3.04. The van der Waals surface area contributed by atoms with Crippen molar-refractivity contribution >= 4 is 17.7 Å². The van der Waals surface area contributed by atoms with E-state index in [0.29, 0.717) is 11.1 Å². The predicted octanol–water partition coefficient (Wildman–Crippen LogP) is 2.12. The first-order valence-electron chi connectivity index (χ1n) is 5.87. The molecule has 6 heteroatoms. The number of carbonyl (C=O) groups is 1. The zero-order chi connectivity index (χ0) is 12.3. The smallest absolute Gasteiger partial charge is 0.318 e. The van der Waals surface area contributed by atoms with Gasteiger partial charge in [-0.3, -0.25) is 9.89 Å². The lowest BCUT2D eigenvalue weighted by Crippen LogP contribution is -2.14. The van der Waals surface area contributed by atoms with Crippen LogP contribution in [-0.2, 0) is 9.53 Å². The van der Waals surface area contributed by atoms with Gasteiger partial charge in [0.25, 0.3) is 0 Å². The van der Waals surface area contributed by atoms with Gasteiger partial charge in [0.1, 0.15) is 11.1 Å². The van der Waals surface area contributed by atoms with Crippen LogP contribution in [0.15, 0.2) is 5.16 Å². The Hall–Kier alpha value is -1.04. The fourth-order valence-electron chi connectivity index (χ4n) is 2.06. The van der Waals surface area contributed by atoms with Crippen molar-refractivity contribution in [3.8, 4) is 0 Å². The molecule has 1 N–H and O–H groups in total. The van der Waals surface area contributed by atoms with Crippen molar-refractivity contribution < 1.29 is 9.53 Å². The first-order chi connectivity index (χ1) is 8.20. The minimum Gasteiger partial charge on any atom is -0.468 e. The third kappa shape index (κ3) is 3.00. The van der Waals surface area contributed by atoms with Gasteiger partial charge in [-0.25, -0.2) is 4.98 Å². The van der Waals surface area contributed by atoms with Crippen LogP contribution in [0, 0.1) is 0 Å². The summed E-state index contributed by atoms with van der Waals surface area (Å²) in [6.07, 6.45) is 4.91. The quantitative estimate of drug-likeness (QED) is 0.659. The monoisotopic (exact) mass is 255 g/mol. The van der Waals surface area contributed by atoms with Gasteiger partial charge in [0.15, 0.2) is 0 Å². The molecular weight excluding hydrogens is 238 g/mol. The van der Waals surface area contributed by atoms with E-state index in [2.05, 4.69) is 19.9 Å². The third-order valence-corrected chi connectivity index (χ3v) is 3.98. The Bertz CT molecular complexity index is 388. The number of rotatable bonds is 4. The van der Waals surface area contributed by atoms with E-state index in [9.17, 15) is 4.79 Å². The van der Waals surface area contributed by atoms with Crippen LogP contribution in [0.2, 0.25) is 0 Å². The van der Waals surface area contributed by atoms with E-state index >= 15 is 0 Å². The summed E-state index contributed by atoms with van der Waals surface area (Å²) in [5.74, 6) is 1.23. The van der Waals surface area contributed by atoms with E-state index in [1.807, 2.05) is 0 Å². The SMILES string of the molecule is COC(=O)[C@@H](C)Sc1n[nH]c(C2CCCC2)n1. The van der Waals surface area contributed by atoms with Crippen LogP contribution in [0.3, 0.4) is 0 Å². The van der Waals surface area contributed by atoms with Crippen molar-refractivity contribution in [1.82, 2.24) is 15.2 Å². The van der Waals surface area contributed by atoms with Gasteiger partial charge in [-0.05, 0) is 19.8 Å². The highest BCUT2D eigenvalue weighted by Crippen LogP contribution is 2.33. The molecular formula is C11H17N3O2S. The van der Waals surface area contributed by atoms with E-state index in [1.54, 1.807) is 6.92 Å². The first kappa shape index (κ1) is 12.4. The van der Waals surface area contributed by atoms with E-state index < -0.39 is 0 Å². The van der Waals surface area contributed by atoms with Crippen LogP contribution in [0.4, 0.5) is 0 Å². The van der Waals surface area contributed by atoms with Gasteiger partial charge >= 0.3 is 5.97 Å². The van der Waals surface area contributed by atoms with Crippen molar-refractivity contribution in [3.63, 3.8) is 0 Å². The molecule has 1 aliphatic rings. The predicted molar refractivity (Wildman–Crippen MR) is 64.9 cm³/mol. The number of nitrogens with one attached hydrogen (secondary N) is 1. The van der Waals surface area contributed by atoms with Gasteiger partial charge < -0.3 is 4.74 Å².